The number of carbonyl (C=O) groups is 2. The van der Waals surface area contributed by atoms with Gasteiger partial charge in [-0.25, -0.2) is 0 Å². The van der Waals surface area contributed by atoms with Gasteiger partial charge in [0.15, 0.2) is 0 Å². The summed E-state index contributed by atoms with van der Waals surface area (Å²) in [5, 5.41) is 0. The number of ether oxygens (including phenoxy) is 1. The van der Waals surface area contributed by atoms with E-state index in [0.717, 1.165) is 5.75 Å². The van der Waals surface area contributed by atoms with Gasteiger partial charge in [-0.05, 0) is 6.92 Å². The number of hydrogen-bond acceptors (Lipinski definition) is 5. The predicted molar refractivity (Wildman–Crippen MR) is 50.2 cm³/mol. The molecule has 1 saturated heterocycles. The Morgan fingerprint density at radius 1 is 1.77 bits per heavy atom. The summed E-state index contributed by atoms with van der Waals surface area (Å²) in [4.78, 5) is 22.6. The number of carbonyl (C=O) groups excluding carboxylic acids is 2. The fourth-order valence-corrected chi connectivity index (χ4v) is 1.84. The SMILES string of the molecule is CCOC(=O)C1CNSCCC1=O. The molecule has 0 radical (unpaired) electrons. The largest absolute Gasteiger partial charge is 0.465 e. The maximum absolute atomic E-state index is 11.4. The number of nitrogens with one attached hydrogen (secondary N) is 1. The van der Waals surface area contributed by atoms with Crippen LogP contribution in [0, 0.1) is 5.92 Å². The molecular weight excluding hydrogens is 190 g/mol. The van der Waals surface area contributed by atoms with Gasteiger partial charge in [-0.2, -0.15) is 0 Å². The molecule has 4 nitrogen and oxygen atoms in total. The number of esters is 1. The first kappa shape index (κ1) is 10.5. The minimum atomic E-state index is -0.602. The predicted octanol–water partition coefficient (Wildman–Crippen LogP) is 0.376. The molecular formula is C8H13NO3S. The van der Waals surface area contributed by atoms with E-state index < -0.39 is 11.9 Å². The Morgan fingerprint density at radius 3 is 3.23 bits per heavy atom. The van der Waals surface area contributed by atoms with Gasteiger partial charge in [-0.1, -0.05) is 11.9 Å². The molecule has 0 aromatic carbocycles. The molecule has 0 aromatic heterocycles. The van der Waals surface area contributed by atoms with Crippen LogP contribution < -0.4 is 4.72 Å². The fourth-order valence-electron chi connectivity index (χ4n) is 1.11. The van der Waals surface area contributed by atoms with Crippen LogP contribution in [0.15, 0.2) is 0 Å². The van der Waals surface area contributed by atoms with Crippen LogP contribution in [0.4, 0.5) is 0 Å². The van der Waals surface area contributed by atoms with Crippen LogP contribution >= 0.6 is 11.9 Å². The van der Waals surface area contributed by atoms with Gasteiger partial charge in [-0.3, -0.25) is 14.3 Å². The zero-order chi connectivity index (χ0) is 9.68. The van der Waals surface area contributed by atoms with Crippen molar-refractivity contribution >= 4 is 23.7 Å². The van der Waals surface area contributed by atoms with Crippen molar-refractivity contribution < 1.29 is 14.3 Å². The molecule has 5 heteroatoms. The molecule has 0 aromatic rings. The van der Waals surface area contributed by atoms with Crippen LogP contribution in [-0.2, 0) is 14.3 Å². The summed E-state index contributed by atoms with van der Waals surface area (Å²) in [6.07, 6.45) is 0.446. The molecule has 1 unspecified atom stereocenters. The van der Waals surface area contributed by atoms with Crippen molar-refractivity contribution in [2.45, 2.75) is 13.3 Å². The first-order valence-electron chi connectivity index (χ1n) is 4.29. The number of ketones is 1. The molecule has 1 aliphatic heterocycles. The Hall–Kier alpha value is -0.550. The van der Waals surface area contributed by atoms with Gasteiger partial charge < -0.3 is 4.74 Å². The maximum Gasteiger partial charge on any atom is 0.317 e. The monoisotopic (exact) mass is 203 g/mol. The lowest BCUT2D eigenvalue weighted by Crippen LogP contribution is -2.31. The number of hydrogen-bond donors (Lipinski definition) is 1. The lowest BCUT2D eigenvalue weighted by molar-refractivity contribution is -0.151. The van der Waals surface area contributed by atoms with Gasteiger partial charge in [0, 0.05) is 18.7 Å². The summed E-state index contributed by atoms with van der Waals surface area (Å²) >= 11 is 1.48. The van der Waals surface area contributed by atoms with E-state index >= 15 is 0 Å². The van der Waals surface area contributed by atoms with Crippen LogP contribution in [0.5, 0.6) is 0 Å². The van der Waals surface area contributed by atoms with Crippen molar-refractivity contribution in [1.82, 2.24) is 4.72 Å². The van der Waals surface area contributed by atoms with E-state index in [0.29, 0.717) is 19.6 Å². The summed E-state index contributed by atoms with van der Waals surface area (Å²) in [6, 6.07) is 0. The summed E-state index contributed by atoms with van der Waals surface area (Å²) in [5.74, 6) is -0.289. The van der Waals surface area contributed by atoms with Gasteiger partial charge in [0.05, 0.1) is 6.61 Å². The van der Waals surface area contributed by atoms with E-state index in [1.54, 1.807) is 6.92 Å². The molecule has 74 valence electrons. The molecule has 0 aliphatic carbocycles. The molecule has 0 bridgehead atoms. The Kier molecular flexibility index (Phi) is 4.24. The molecule has 0 saturated carbocycles. The third-order valence-electron chi connectivity index (χ3n) is 1.80. The summed E-state index contributed by atoms with van der Waals surface area (Å²) in [6.45, 7) is 2.46. The molecule has 0 spiro atoms. The van der Waals surface area contributed by atoms with Crippen LogP contribution in [-0.4, -0.2) is 30.7 Å². The summed E-state index contributed by atoms with van der Waals surface area (Å²) in [7, 11) is 0. The summed E-state index contributed by atoms with van der Waals surface area (Å²) in [5.41, 5.74) is 0. The van der Waals surface area contributed by atoms with Gasteiger partial charge >= 0.3 is 5.97 Å². The molecule has 1 fully saturated rings. The third-order valence-corrected chi connectivity index (χ3v) is 2.58. The first-order chi connectivity index (χ1) is 6.25. The van der Waals surface area contributed by atoms with Gasteiger partial charge in [0.25, 0.3) is 0 Å². The quantitative estimate of drug-likeness (QED) is 0.399. The molecule has 0 amide bonds. The third kappa shape index (κ3) is 3.00. The standard InChI is InChI=1S/C8H13NO3S/c1-2-12-8(11)6-5-9-13-4-3-7(6)10/h6,9H,2-5H2,1H3. The summed E-state index contributed by atoms with van der Waals surface area (Å²) < 4.78 is 7.76. The lowest BCUT2D eigenvalue weighted by atomic mass is 10.0. The van der Waals surface area contributed by atoms with Crippen molar-refractivity contribution in [2.75, 3.05) is 18.9 Å². The molecule has 1 rings (SSSR count). The van der Waals surface area contributed by atoms with E-state index in [9.17, 15) is 9.59 Å². The first-order valence-corrected chi connectivity index (χ1v) is 5.28. The van der Waals surface area contributed by atoms with Crippen LogP contribution in [0.2, 0.25) is 0 Å². The highest BCUT2D eigenvalue weighted by Crippen LogP contribution is 2.12. The van der Waals surface area contributed by atoms with E-state index in [1.807, 2.05) is 0 Å². The highest BCUT2D eigenvalue weighted by atomic mass is 32.2. The van der Waals surface area contributed by atoms with Crippen molar-refractivity contribution in [3.8, 4) is 0 Å². The molecule has 1 N–H and O–H groups in total. The van der Waals surface area contributed by atoms with E-state index in [-0.39, 0.29) is 5.78 Å². The van der Waals surface area contributed by atoms with Crippen molar-refractivity contribution in [3.63, 3.8) is 0 Å². The minimum Gasteiger partial charge on any atom is -0.465 e. The number of Topliss-reactive ketones (excluding diaryl/α,β-unsaturated/α-hetero) is 1. The average molecular weight is 203 g/mol. The Balaban J connectivity index is 2.53. The molecule has 1 atom stereocenters. The highest BCUT2D eigenvalue weighted by Gasteiger charge is 2.28. The normalized spacial score (nSPS) is 23.8. The fraction of sp³-hybridized carbons (Fsp3) is 0.750. The Labute approximate surface area is 81.5 Å². The Bertz CT molecular complexity index is 208. The van der Waals surface area contributed by atoms with Crippen molar-refractivity contribution in [3.05, 3.63) is 0 Å². The van der Waals surface area contributed by atoms with E-state index in [4.69, 9.17) is 4.74 Å². The second-order valence-electron chi connectivity index (χ2n) is 2.72. The van der Waals surface area contributed by atoms with E-state index in [2.05, 4.69) is 4.72 Å². The zero-order valence-corrected chi connectivity index (χ0v) is 8.36. The zero-order valence-electron chi connectivity index (χ0n) is 7.54. The second-order valence-corrected chi connectivity index (χ2v) is 3.70. The molecule has 1 aliphatic rings. The minimum absolute atomic E-state index is 0.0176. The molecule has 1 heterocycles. The molecule has 13 heavy (non-hydrogen) atoms. The Morgan fingerprint density at radius 2 is 2.54 bits per heavy atom. The lowest BCUT2D eigenvalue weighted by Gasteiger charge is -2.10. The van der Waals surface area contributed by atoms with Crippen LogP contribution in [0.1, 0.15) is 13.3 Å². The van der Waals surface area contributed by atoms with Crippen molar-refractivity contribution in [1.29, 1.82) is 0 Å². The topological polar surface area (TPSA) is 55.4 Å². The smallest absolute Gasteiger partial charge is 0.317 e. The van der Waals surface area contributed by atoms with Gasteiger partial charge in [-0.15, -0.1) is 0 Å². The van der Waals surface area contributed by atoms with E-state index in [1.165, 1.54) is 11.9 Å². The average Bonchev–Trinajstić information content (AvgIpc) is 2.30. The number of rotatable bonds is 2. The maximum atomic E-state index is 11.4. The van der Waals surface area contributed by atoms with Crippen molar-refractivity contribution in [2.24, 2.45) is 5.92 Å². The highest BCUT2D eigenvalue weighted by molar-refractivity contribution is 7.97. The van der Waals surface area contributed by atoms with Gasteiger partial charge in [0.2, 0.25) is 0 Å². The van der Waals surface area contributed by atoms with Crippen LogP contribution in [0.25, 0.3) is 0 Å². The second kappa shape index (κ2) is 5.24. The van der Waals surface area contributed by atoms with Gasteiger partial charge in [0.1, 0.15) is 11.7 Å². The van der Waals surface area contributed by atoms with Crippen LogP contribution in [0.3, 0.4) is 0 Å².